The predicted molar refractivity (Wildman–Crippen MR) is 258 cm³/mol. The van der Waals surface area contributed by atoms with Crippen LogP contribution in [0.2, 0.25) is 0 Å². The molecular weight excluding hydrogens is 934 g/mol. The minimum Gasteiger partial charge on any atom is -0.463 e. The van der Waals surface area contributed by atoms with Crippen LogP contribution < -0.4 is 0 Å². The fourth-order valence-corrected chi connectivity index (χ4v) is 6.67. The van der Waals surface area contributed by atoms with Crippen molar-refractivity contribution in [3.63, 3.8) is 0 Å². The van der Waals surface area contributed by atoms with E-state index in [0.29, 0.717) is 0 Å². The van der Waals surface area contributed by atoms with Gasteiger partial charge in [-0.2, -0.15) is 21.6 Å². The Labute approximate surface area is 409 Å². The van der Waals surface area contributed by atoms with Crippen molar-refractivity contribution >= 4 is 45.6 Å². The SMILES string of the molecule is CC(C)(C)OC(=O)CC(=O)Cc1ccc(-c2ccccc2)cc1.CC(C)OC(=O)[C@@H](C)OS(=O)(=O)C(F)(F)F.CC(C)OC(=O)[C@H](C)C(C(=O)Cc1ccc(-c2ccccc2)cc1)C(=O)OC(C)(C)C. The molecule has 70 heavy (non-hydrogen) atoms. The van der Waals surface area contributed by atoms with Gasteiger partial charge in [0.2, 0.25) is 0 Å². The number of rotatable bonds is 17. The first kappa shape index (κ1) is 59.9. The van der Waals surface area contributed by atoms with E-state index < -0.39 is 74.7 Å². The molecule has 382 valence electrons. The van der Waals surface area contributed by atoms with Gasteiger partial charge in [-0.3, -0.25) is 24.0 Å². The van der Waals surface area contributed by atoms with Gasteiger partial charge in [0, 0.05) is 12.8 Å². The minimum atomic E-state index is -5.78. The lowest BCUT2D eigenvalue weighted by atomic mass is 9.86. The van der Waals surface area contributed by atoms with E-state index in [9.17, 15) is 50.4 Å². The maximum atomic E-state index is 13.1. The van der Waals surface area contributed by atoms with Crippen LogP contribution in [0.15, 0.2) is 109 Å². The Bertz CT molecular complexity index is 2440. The normalized spacial score (nSPS) is 13.0. The van der Waals surface area contributed by atoms with Gasteiger partial charge in [0.15, 0.2) is 11.9 Å². The van der Waals surface area contributed by atoms with E-state index in [-0.39, 0.29) is 36.9 Å². The van der Waals surface area contributed by atoms with Crippen molar-refractivity contribution in [2.45, 2.75) is 137 Å². The third-order valence-corrected chi connectivity index (χ3v) is 10.2. The Morgan fingerprint density at radius 3 is 1.29 bits per heavy atom. The number of carbonyl (C=O) groups is 6. The smallest absolute Gasteiger partial charge is 0.463 e. The van der Waals surface area contributed by atoms with Gasteiger partial charge in [-0.05, 0) is 110 Å². The maximum absolute atomic E-state index is 13.1. The number of alkyl halides is 3. The molecule has 3 atom stereocenters. The first-order valence-corrected chi connectivity index (χ1v) is 23.9. The molecule has 0 N–H and O–H groups in total. The summed E-state index contributed by atoms with van der Waals surface area (Å²) in [5.74, 6) is -5.59. The molecule has 13 nitrogen and oxygen atoms in total. The van der Waals surface area contributed by atoms with Gasteiger partial charge in [0.1, 0.15) is 29.3 Å². The van der Waals surface area contributed by atoms with Crippen LogP contribution in [-0.4, -0.2) is 78.9 Å². The molecule has 0 saturated heterocycles. The molecule has 4 aromatic rings. The molecule has 0 bridgehead atoms. The fraction of sp³-hybridized carbons (Fsp3) is 0.434. The molecule has 0 aliphatic carbocycles. The molecule has 4 aromatic carbocycles. The monoisotopic (exact) mass is 998 g/mol. The molecule has 0 aliphatic rings. The van der Waals surface area contributed by atoms with E-state index in [4.69, 9.17) is 14.2 Å². The van der Waals surface area contributed by atoms with Crippen LogP contribution in [0.5, 0.6) is 0 Å². The number of halogens is 3. The molecule has 0 aromatic heterocycles. The zero-order chi connectivity index (χ0) is 53.2. The van der Waals surface area contributed by atoms with Gasteiger partial charge in [-0.1, -0.05) is 116 Å². The maximum Gasteiger partial charge on any atom is 0.523 e. The number of hydrogen-bond donors (Lipinski definition) is 0. The second-order valence-electron chi connectivity index (χ2n) is 18.7. The summed E-state index contributed by atoms with van der Waals surface area (Å²) >= 11 is 0. The zero-order valence-corrected chi connectivity index (χ0v) is 42.6. The van der Waals surface area contributed by atoms with Gasteiger partial charge in [-0.15, -0.1) is 0 Å². The van der Waals surface area contributed by atoms with Crippen molar-refractivity contribution < 1.29 is 73.5 Å². The Morgan fingerprint density at radius 2 is 0.900 bits per heavy atom. The lowest BCUT2D eigenvalue weighted by Gasteiger charge is -2.26. The van der Waals surface area contributed by atoms with Crippen molar-refractivity contribution in [3.05, 3.63) is 120 Å². The summed E-state index contributed by atoms with van der Waals surface area (Å²) < 4.78 is 80.5. The predicted octanol–water partition coefficient (Wildman–Crippen LogP) is 10.4. The van der Waals surface area contributed by atoms with Crippen molar-refractivity contribution in [1.29, 1.82) is 0 Å². The number of Topliss-reactive ketones (excluding diaryl/α,β-unsaturated/α-hetero) is 2. The minimum absolute atomic E-state index is 0.0261. The van der Waals surface area contributed by atoms with Crippen molar-refractivity contribution in [1.82, 2.24) is 0 Å². The van der Waals surface area contributed by atoms with Gasteiger partial charge in [0.05, 0.1) is 18.1 Å². The van der Waals surface area contributed by atoms with Crippen molar-refractivity contribution in [3.8, 4) is 22.3 Å². The van der Waals surface area contributed by atoms with Crippen molar-refractivity contribution in [2.24, 2.45) is 11.8 Å². The van der Waals surface area contributed by atoms with E-state index in [1.54, 1.807) is 55.4 Å². The summed E-state index contributed by atoms with van der Waals surface area (Å²) in [5.41, 5.74) is -0.858. The van der Waals surface area contributed by atoms with E-state index in [0.717, 1.165) is 40.3 Å². The summed E-state index contributed by atoms with van der Waals surface area (Å²) in [6.45, 7) is 19.3. The summed E-state index contributed by atoms with van der Waals surface area (Å²) in [5, 5.41) is 0. The van der Waals surface area contributed by atoms with E-state index >= 15 is 0 Å². The fourth-order valence-electron chi connectivity index (χ4n) is 6.10. The number of esters is 4. The molecule has 4 rings (SSSR count). The van der Waals surface area contributed by atoms with Crippen LogP contribution >= 0.6 is 0 Å². The summed E-state index contributed by atoms with van der Waals surface area (Å²) in [4.78, 5) is 73.0. The van der Waals surface area contributed by atoms with Crippen molar-refractivity contribution in [2.75, 3.05) is 0 Å². The standard InChI is InChI=1S/C26H32O5.C20H22O3.C7H11F3O5S/c1-17(2)30-24(28)18(3)23(25(29)31-26(4,5)6)22(27)16-19-12-14-21(15-13-19)20-10-8-7-9-11-20;1-20(2,3)23-19(22)14-18(21)13-15-9-11-17(12-10-15)16-7-5-4-6-8-16;1-4(2)14-6(11)5(3)15-16(12,13)7(8,9)10/h7-15,17-18,23H,16H2,1-6H3;4-12H,13-14H2,1-3H3;4-5H,1-3H3/t18-,23?;;5-/m1.1/s1. The quantitative estimate of drug-likeness (QED) is 0.0321. The van der Waals surface area contributed by atoms with Gasteiger partial charge >= 0.3 is 39.5 Å². The highest BCUT2D eigenvalue weighted by Gasteiger charge is 2.49. The molecule has 0 aliphatic heterocycles. The van der Waals surface area contributed by atoms with E-state index in [2.05, 4.69) is 8.92 Å². The molecule has 17 heteroatoms. The van der Waals surface area contributed by atoms with Gasteiger partial charge in [-0.25, -0.2) is 8.98 Å². The van der Waals surface area contributed by atoms with Crippen LogP contribution in [0.3, 0.4) is 0 Å². The Kier molecular flexibility index (Phi) is 22.8. The highest BCUT2D eigenvalue weighted by atomic mass is 32.2. The molecule has 0 spiro atoms. The topological polar surface area (TPSA) is 183 Å². The average molecular weight is 999 g/mol. The average Bonchev–Trinajstić information content (AvgIpc) is 3.23. The number of ether oxygens (including phenoxy) is 4. The van der Waals surface area contributed by atoms with Crippen LogP contribution in [0.1, 0.15) is 101 Å². The number of ketones is 2. The summed E-state index contributed by atoms with van der Waals surface area (Å²) in [6, 6.07) is 35.4. The Hall–Kier alpha value is -6.20. The lowest BCUT2D eigenvalue weighted by Crippen LogP contribution is -2.40. The van der Waals surface area contributed by atoms with E-state index in [1.165, 1.54) is 20.8 Å². The highest BCUT2D eigenvalue weighted by Crippen LogP contribution is 2.27. The summed E-state index contributed by atoms with van der Waals surface area (Å²) in [6.07, 6.45) is -2.67. The highest BCUT2D eigenvalue weighted by molar-refractivity contribution is 7.87. The van der Waals surface area contributed by atoms with Crippen LogP contribution in [0, 0.1) is 11.8 Å². The summed E-state index contributed by atoms with van der Waals surface area (Å²) in [7, 11) is -5.78. The third kappa shape index (κ3) is 22.0. The molecule has 0 heterocycles. The van der Waals surface area contributed by atoms with Gasteiger partial charge in [0.25, 0.3) is 0 Å². The Morgan fingerprint density at radius 1 is 0.514 bits per heavy atom. The molecule has 0 amide bonds. The largest absolute Gasteiger partial charge is 0.523 e. The first-order chi connectivity index (χ1) is 32.3. The first-order valence-electron chi connectivity index (χ1n) is 22.5. The molecule has 1 unspecified atom stereocenters. The second kappa shape index (κ2) is 26.7. The van der Waals surface area contributed by atoms with Crippen LogP contribution in [0.4, 0.5) is 13.2 Å². The molecule has 0 radical (unpaired) electrons. The number of carbonyl (C=O) groups excluding carboxylic acids is 6. The Balaban J connectivity index is 0.000000381. The second-order valence-corrected chi connectivity index (χ2v) is 20.2. The van der Waals surface area contributed by atoms with Gasteiger partial charge < -0.3 is 18.9 Å². The molecular formula is C53H65F3O13S. The van der Waals surface area contributed by atoms with E-state index in [1.807, 2.05) is 109 Å². The molecule has 0 fully saturated rings. The zero-order valence-electron chi connectivity index (χ0n) is 41.7. The van der Waals surface area contributed by atoms with Crippen LogP contribution in [-0.2, 0) is 74.9 Å². The van der Waals surface area contributed by atoms with Crippen LogP contribution in [0.25, 0.3) is 22.3 Å². The number of benzene rings is 4. The lowest BCUT2D eigenvalue weighted by molar-refractivity contribution is -0.171. The third-order valence-electron chi connectivity index (χ3n) is 9.13. The number of hydrogen-bond acceptors (Lipinski definition) is 13. The molecule has 0 saturated carbocycles.